The van der Waals surface area contributed by atoms with Crippen LogP contribution in [0.2, 0.25) is 10.6 Å². The van der Waals surface area contributed by atoms with Crippen LogP contribution in [0, 0.1) is 6.92 Å². The van der Waals surface area contributed by atoms with Gasteiger partial charge in [-0.25, -0.2) is 19.9 Å². The van der Waals surface area contributed by atoms with Gasteiger partial charge in [0.2, 0.25) is 10.6 Å². The van der Waals surface area contributed by atoms with E-state index in [1.807, 2.05) is 17.6 Å². The predicted octanol–water partition coefficient (Wildman–Crippen LogP) is 5.74. The first-order valence-electron chi connectivity index (χ1n) is 13.3. The second kappa shape index (κ2) is 15.7. The number of aryl methyl sites for hydroxylation is 1. The maximum Gasteiger partial charge on any atom is 0.294 e. The van der Waals surface area contributed by atoms with E-state index < -0.39 is 10.1 Å². The number of nitrogens with one attached hydrogen (secondary N) is 1. The summed E-state index contributed by atoms with van der Waals surface area (Å²) in [5, 5.41) is 0.463. The minimum Gasteiger partial charge on any atom is -0.502 e. The van der Waals surface area contributed by atoms with Crippen molar-refractivity contribution in [2.24, 2.45) is 0 Å². The number of ether oxygens (including phenoxy) is 2. The third-order valence-electron chi connectivity index (χ3n) is 6.04. The third kappa shape index (κ3) is 9.93. The van der Waals surface area contributed by atoms with Gasteiger partial charge in [-0.3, -0.25) is 9.12 Å². The van der Waals surface area contributed by atoms with Crippen LogP contribution in [0.1, 0.15) is 43.9 Å². The molecule has 0 aliphatic carbocycles. The van der Waals surface area contributed by atoms with Gasteiger partial charge < -0.3 is 14.5 Å². The Labute approximate surface area is 258 Å². The van der Waals surface area contributed by atoms with Crippen molar-refractivity contribution < 1.29 is 22.4 Å². The van der Waals surface area contributed by atoms with Crippen LogP contribution >= 0.6 is 23.2 Å². The van der Waals surface area contributed by atoms with Gasteiger partial charge in [0, 0.05) is 6.61 Å². The number of benzene rings is 1. The number of imidazole rings is 2. The molecule has 0 bridgehead atoms. The summed E-state index contributed by atoms with van der Waals surface area (Å²) in [6.07, 6.45) is 16.0. The van der Waals surface area contributed by atoms with Gasteiger partial charge in [-0.1, -0.05) is 17.7 Å². The second-order valence-corrected chi connectivity index (χ2v) is 11.4. The Morgan fingerprint density at radius 1 is 0.977 bits per heavy atom. The summed E-state index contributed by atoms with van der Waals surface area (Å²) in [7, 11) is -4.02. The number of aromatic nitrogens is 8. The number of aromatic amines is 1. The average molecular weight is 650 g/mol. The van der Waals surface area contributed by atoms with Crippen molar-refractivity contribution in [3.63, 3.8) is 0 Å². The standard InChI is InChI=1S/C10H11ClN4O.C7H8O3S.C5H3ClN4.C5H8O/c11-10-12-5-7-9(14-10)15(6-13-7)8-3-1-2-4-16-8;1-6-2-4-7(5-3-6)11(8,9)10;6-5-7-1-3-4(10-5)9-2-8-3;1-2-4-6-5-3-1/h5-6,8H,1-4H2;2-5H,1H3,(H,8,9,10);1-2H,(H,7,8,9,10);2,4H,1,3,5H2. The van der Waals surface area contributed by atoms with E-state index >= 15 is 0 Å². The first-order chi connectivity index (χ1) is 20.7. The largest absolute Gasteiger partial charge is 0.502 e. The molecule has 2 aliphatic heterocycles. The highest BCUT2D eigenvalue weighted by Crippen LogP contribution is 2.25. The van der Waals surface area contributed by atoms with E-state index in [9.17, 15) is 8.42 Å². The lowest BCUT2D eigenvalue weighted by Crippen LogP contribution is -2.17. The first-order valence-corrected chi connectivity index (χ1v) is 15.5. The van der Waals surface area contributed by atoms with E-state index in [2.05, 4.69) is 34.9 Å². The summed E-state index contributed by atoms with van der Waals surface area (Å²) in [6, 6.07) is 5.99. The summed E-state index contributed by atoms with van der Waals surface area (Å²) in [6.45, 7) is 3.55. The number of nitrogens with zero attached hydrogens (tertiary/aromatic N) is 7. The molecule has 228 valence electrons. The van der Waals surface area contributed by atoms with Crippen molar-refractivity contribution in [1.29, 1.82) is 0 Å². The highest BCUT2D eigenvalue weighted by molar-refractivity contribution is 7.85. The first kappa shape index (κ1) is 32.2. The quantitative estimate of drug-likeness (QED) is 0.177. The smallest absolute Gasteiger partial charge is 0.294 e. The SMILES string of the molecule is C1=COCCC1.Cc1ccc(S(=O)(=O)O)cc1.Clc1ncc2[nH]cnc2n1.Clc1ncc2ncn(C3CCCCO3)c2n1. The molecule has 6 heterocycles. The molecular formula is C27H30Cl2N8O5S. The molecule has 2 N–H and O–H groups in total. The molecule has 0 radical (unpaired) electrons. The van der Waals surface area contributed by atoms with E-state index in [0.29, 0.717) is 5.65 Å². The zero-order valence-electron chi connectivity index (χ0n) is 23.2. The number of hydrogen-bond donors (Lipinski definition) is 2. The Balaban J connectivity index is 0.000000139. The molecule has 5 aromatic rings. The van der Waals surface area contributed by atoms with Gasteiger partial charge in [-0.15, -0.1) is 0 Å². The molecule has 1 unspecified atom stereocenters. The molecule has 0 saturated carbocycles. The van der Waals surface area contributed by atoms with Gasteiger partial charge in [-0.2, -0.15) is 18.4 Å². The van der Waals surface area contributed by atoms with E-state index in [4.69, 9.17) is 37.2 Å². The molecule has 1 atom stereocenters. The van der Waals surface area contributed by atoms with Gasteiger partial charge >= 0.3 is 0 Å². The van der Waals surface area contributed by atoms with Crippen molar-refractivity contribution in [2.75, 3.05) is 13.2 Å². The Morgan fingerprint density at radius 2 is 1.74 bits per heavy atom. The van der Waals surface area contributed by atoms with Crippen molar-refractivity contribution in [1.82, 2.24) is 39.5 Å². The summed E-state index contributed by atoms with van der Waals surface area (Å²) in [5.41, 5.74) is 3.84. The van der Waals surface area contributed by atoms with Gasteiger partial charge in [-0.05, 0) is 80.4 Å². The number of fused-ring (bicyclic) bond motifs is 2. The van der Waals surface area contributed by atoms with Gasteiger partial charge in [0.15, 0.2) is 11.3 Å². The molecule has 4 aromatic heterocycles. The molecule has 2 aliphatic rings. The van der Waals surface area contributed by atoms with Gasteiger partial charge in [0.25, 0.3) is 10.1 Å². The van der Waals surface area contributed by atoms with E-state index in [1.165, 1.54) is 31.4 Å². The summed E-state index contributed by atoms with van der Waals surface area (Å²) < 4.78 is 42.1. The monoisotopic (exact) mass is 648 g/mol. The molecule has 1 fully saturated rings. The minimum atomic E-state index is -4.02. The van der Waals surface area contributed by atoms with Crippen LogP contribution < -0.4 is 0 Å². The second-order valence-electron chi connectivity index (χ2n) is 9.27. The van der Waals surface area contributed by atoms with Gasteiger partial charge in [0.1, 0.15) is 17.3 Å². The van der Waals surface area contributed by atoms with E-state index in [1.54, 1.807) is 43.4 Å². The average Bonchev–Trinajstić information content (AvgIpc) is 3.66. The van der Waals surface area contributed by atoms with Crippen LogP contribution in [0.4, 0.5) is 0 Å². The maximum absolute atomic E-state index is 10.5. The molecule has 13 nitrogen and oxygen atoms in total. The molecule has 7 rings (SSSR count). The number of hydrogen-bond acceptors (Lipinski definition) is 10. The number of halogens is 2. The van der Waals surface area contributed by atoms with Crippen LogP contribution in [0.15, 0.2) is 66.5 Å². The number of allylic oxidation sites excluding steroid dienone is 1. The van der Waals surface area contributed by atoms with Gasteiger partial charge in [0.05, 0.1) is 42.8 Å². The maximum atomic E-state index is 10.5. The fourth-order valence-electron chi connectivity index (χ4n) is 3.87. The number of H-pyrrole nitrogens is 1. The minimum absolute atomic E-state index is 0.0321. The molecule has 16 heteroatoms. The van der Waals surface area contributed by atoms with Crippen LogP contribution in [-0.4, -0.2) is 65.6 Å². The molecular weight excluding hydrogens is 619 g/mol. The Hall–Kier alpha value is -3.69. The lowest BCUT2D eigenvalue weighted by Gasteiger charge is -2.23. The summed E-state index contributed by atoms with van der Waals surface area (Å²) in [4.78, 5) is 26.6. The van der Waals surface area contributed by atoms with E-state index in [-0.39, 0.29) is 21.7 Å². The van der Waals surface area contributed by atoms with Crippen molar-refractivity contribution in [3.05, 3.63) is 77.8 Å². The van der Waals surface area contributed by atoms with Crippen molar-refractivity contribution in [3.8, 4) is 0 Å². The highest BCUT2D eigenvalue weighted by Gasteiger charge is 2.18. The fraction of sp³-hybridized carbons (Fsp3) is 0.333. The van der Waals surface area contributed by atoms with Crippen molar-refractivity contribution >= 4 is 55.6 Å². The summed E-state index contributed by atoms with van der Waals surface area (Å²) >= 11 is 11.3. The highest BCUT2D eigenvalue weighted by atomic mass is 35.5. The number of rotatable bonds is 2. The Kier molecular flexibility index (Phi) is 11.8. The molecule has 43 heavy (non-hydrogen) atoms. The Morgan fingerprint density at radius 3 is 2.37 bits per heavy atom. The lowest BCUT2D eigenvalue weighted by atomic mass is 10.2. The molecule has 1 aromatic carbocycles. The predicted molar refractivity (Wildman–Crippen MR) is 161 cm³/mol. The molecule has 0 amide bonds. The van der Waals surface area contributed by atoms with Crippen LogP contribution in [0.25, 0.3) is 22.3 Å². The Bertz CT molecular complexity index is 1730. The van der Waals surface area contributed by atoms with Crippen LogP contribution in [0.3, 0.4) is 0 Å². The summed E-state index contributed by atoms with van der Waals surface area (Å²) in [5.74, 6) is 0. The van der Waals surface area contributed by atoms with Crippen LogP contribution in [0.5, 0.6) is 0 Å². The van der Waals surface area contributed by atoms with Crippen molar-refractivity contribution in [2.45, 2.75) is 50.2 Å². The fourth-order valence-corrected chi connectivity index (χ4v) is 4.61. The molecule has 1 saturated heterocycles. The lowest BCUT2D eigenvalue weighted by molar-refractivity contribution is -0.0298. The van der Waals surface area contributed by atoms with Crippen LogP contribution in [-0.2, 0) is 19.6 Å². The zero-order chi connectivity index (χ0) is 30.7. The third-order valence-corrected chi connectivity index (χ3v) is 7.27. The topological polar surface area (TPSA) is 171 Å². The van der Waals surface area contributed by atoms with E-state index in [0.717, 1.165) is 48.3 Å². The molecule has 0 spiro atoms. The normalized spacial score (nSPS) is 16.1. The zero-order valence-corrected chi connectivity index (χ0v) is 25.5.